The van der Waals surface area contributed by atoms with E-state index >= 15 is 0 Å². The number of nitrogens with one attached hydrogen (secondary N) is 1. The van der Waals surface area contributed by atoms with E-state index in [1.165, 1.54) is 0 Å². The highest BCUT2D eigenvalue weighted by Crippen LogP contribution is 2.14. The molecule has 0 bridgehead atoms. The van der Waals surface area contributed by atoms with Crippen molar-refractivity contribution in [3.05, 3.63) is 11.9 Å². The Balaban J connectivity index is 2.92. The molecule has 0 aliphatic heterocycles. The van der Waals surface area contributed by atoms with Crippen LogP contribution >= 0.6 is 0 Å². The van der Waals surface area contributed by atoms with Crippen LogP contribution in [0.3, 0.4) is 0 Å². The second kappa shape index (κ2) is 4.76. The van der Waals surface area contributed by atoms with E-state index in [0.29, 0.717) is 11.7 Å². The third kappa shape index (κ3) is 2.85. The topological polar surface area (TPSA) is 73.1 Å². The summed E-state index contributed by atoms with van der Waals surface area (Å²) in [7, 11) is 0. The van der Waals surface area contributed by atoms with Gasteiger partial charge in [0.05, 0.1) is 6.10 Å². The number of aryl methyl sites for hydroxylation is 1. The molecule has 0 aliphatic carbocycles. The minimum Gasteiger partial charge on any atom is -0.475 e. The van der Waals surface area contributed by atoms with Crippen LogP contribution in [-0.4, -0.2) is 16.1 Å². The van der Waals surface area contributed by atoms with Gasteiger partial charge in [0.15, 0.2) is 0 Å². The maximum Gasteiger partial charge on any atom is 0.219 e. The van der Waals surface area contributed by atoms with E-state index in [1.54, 1.807) is 6.07 Å². The highest BCUT2D eigenvalue weighted by Gasteiger charge is 2.04. The predicted molar refractivity (Wildman–Crippen MR) is 55.0 cm³/mol. The number of nitrogen functional groups attached to an aromatic ring is 1. The molecule has 0 radical (unpaired) electrons. The van der Waals surface area contributed by atoms with Crippen LogP contribution in [0.25, 0.3) is 0 Å². The van der Waals surface area contributed by atoms with Crippen molar-refractivity contribution in [2.45, 2.75) is 33.3 Å². The normalized spacial score (nSPS) is 10.4. The minimum atomic E-state index is 0.0974. The smallest absolute Gasteiger partial charge is 0.219 e. The summed E-state index contributed by atoms with van der Waals surface area (Å²) < 4.78 is 5.45. The Morgan fingerprint density at radius 3 is 2.71 bits per heavy atom. The quantitative estimate of drug-likeness (QED) is 0.557. The largest absolute Gasteiger partial charge is 0.475 e. The molecule has 0 saturated heterocycles. The van der Waals surface area contributed by atoms with Crippen LogP contribution in [0.4, 0.5) is 5.82 Å². The average molecular weight is 196 g/mol. The number of nitrogens with two attached hydrogens (primary N) is 1. The van der Waals surface area contributed by atoms with E-state index in [9.17, 15) is 0 Å². The lowest BCUT2D eigenvalue weighted by Gasteiger charge is -2.10. The van der Waals surface area contributed by atoms with E-state index in [0.717, 1.165) is 12.2 Å². The molecule has 5 nitrogen and oxygen atoms in total. The summed E-state index contributed by atoms with van der Waals surface area (Å²) in [5, 5.41) is 0. The lowest BCUT2D eigenvalue weighted by molar-refractivity contribution is 0.231. The van der Waals surface area contributed by atoms with E-state index in [1.807, 2.05) is 20.8 Å². The zero-order valence-corrected chi connectivity index (χ0v) is 8.74. The van der Waals surface area contributed by atoms with E-state index in [2.05, 4.69) is 15.4 Å². The number of anilines is 1. The fourth-order valence-corrected chi connectivity index (χ4v) is 1.01. The number of hydrogen-bond donors (Lipinski definition) is 2. The van der Waals surface area contributed by atoms with Gasteiger partial charge in [0.2, 0.25) is 5.88 Å². The third-order valence-electron chi connectivity index (χ3n) is 1.57. The molecule has 1 aromatic heterocycles. The lowest BCUT2D eigenvalue weighted by atomic mass is 10.4. The summed E-state index contributed by atoms with van der Waals surface area (Å²) in [6.07, 6.45) is 0.851. The molecule has 0 spiro atoms. The number of rotatable bonds is 4. The second-order valence-corrected chi connectivity index (χ2v) is 3.17. The maximum absolute atomic E-state index is 5.45. The van der Waals surface area contributed by atoms with Crippen LogP contribution in [0, 0.1) is 0 Å². The SMILES string of the molecule is CCc1nc(NN)cc(OC(C)C)n1. The van der Waals surface area contributed by atoms with E-state index in [4.69, 9.17) is 10.6 Å². The molecule has 0 unspecified atom stereocenters. The molecule has 3 N–H and O–H groups in total. The number of nitrogens with zero attached hydrogens (tertiary/aromatic N) is 2. The molecular formula is C9H16N4O. The minimum absolute atomic E-state index is 0.0974. The zero-order valence-electron chi connectivity index (χ0n) is 8.74. The standard InChI is InChI=1S/C9H16N4O/c1-4-7-11-8(13-10)5-9(12-7)14-6(2)3/h5-6H,4,10H2,1-3H3,(H,11,12,13). The van der Waals surface area contributed by atoms with Crippen molar-refractivity contribution in [3.63, 3.8) is 0 Å². The van der Waals surface area contributed by atoms with E-state index in [-0.39, 0.29) is 6.10 Å². The van der Waals surface area contributed by atoms with Crippen molar-refractivity contribution in [1.82, 2.24) is 9.97 Å². The Morgan fingerprint density at radius 2 is 2.21 bits per heavy atom. The van der Waals surface area contributed by atoms with Gasteiger partial charge in [0.25, 0.3) is 0 Å². The average Bonchev–Trinajstić information content (AvgIpc) is 2.16. The fraction of sp³-hybridized carbons (Fsp3) is 0.556. The molecule has 0 aromatic carbocycles. The van der Waals surface area contributed by atoms with Gasteiger partial charge in [0, 0.05) is 12.5 Å². The van der Waals surface area contributed by atoms with Gasteiger partial charge in [-0.2, -0.15) is 4.98 Å². The van der Waals surface area contributed by atoms with Crippen molar-refractivity contribution < 1.29 is 4.74 Å². The maximum atomic E-state index is 5.45. The Bertz CT molecular complexity index is 279. The monoisotopic (exact) mass is 196 g/mol. The van der Waals surface area contributed by atoms with Crippen LogP contribution in [0.2, 0.25) is 0 Å². The summed E-state index contributed by atoms with van der Waals surface area (Å²) in [5.41, 5.74) is 2.48. The Kier molecular flexibility index (Phi) is 3.64. The molecule has 1 rings (SSSR count). The zero-order chi connectivity index (χ0) is 10.6. The number of hydrazine groups is 1. The van der Waals surface area contributed by atoms with Gasteiger partial charge >= 0.3 is 0 Å². The van der Waals surface area contributed by atoms with Gasteiger partial charge < -0.3 is 10.2 Å². The fourth-order valence-electron chi connectivity index (χ4n) is 1.01. The van der Waals surface area contributed by atoms with Crippen LogP contribution in [0.1, 0.15) is 26.6 Å². The molecule has 0 saturated carbocycles. The van der Waals surface area contributed by atoms with Crippen molar-refractivity contribution in [2.75, 3.05) is 5.43 Å². The predicted octanol–water partition coefficient (Wildman–Crippen LogP) is 1.11. The first kappa shape index (κ1) is 10.7. The Hall–Kier alpha value is -1.36. The van der Waals surface area contributed by atoms with Gasteiger partial charge in [-0.05, 0) is 13.8 Å². The van der Waals surface area contributed by atoms with Crippen LogP contribution in [0.5, 0.6) is 5.88 Å². The summed E-state index contributed by atoms with van der Waals surface area (Å²) in [4.78, 5) is 8.36. The number of ether oxygens (including phenoxy) is 1. The molecule has 0 atom stereocenters. The molecular weight excluding hydrogens is 180 g/mol. The second-order valence-electron chi connectivity index (χ2n) is 3.17. The first-order chi connectivity index (χ1) is 6.65. The highest BCUT2D eigenvalue weighted by molar-refractivity contribution is 5.36. The summed E-state index contributed by atoms with van der Waals surface area (Å²) >= 11 is 0. The highest BCUT2D eigenvalue weighted by atomic mass is 16.5. The summed E-state index contributed by atoms with van der Waals surface area (Å²) in [6, 6.07) is 1.68. The molecule has 1 aromatic rings. The van der Waals surface area contributed by atoms with Crippen molar-refractivity contribution in [1.29, 1.82) is 0 Å². The van der Waals surface area contributed by atoms with Crippen LogP contribution in [-0.2, 0) is 6.42 Å². The van der Waals surface area contributed by atoms with Crippen molar-refractivity contribution in [2.24, 2.45) is 5.84 Å². The van der Waals surface area contributed by atoms with Gasteiger partial charge in [-0.25, -0.2) is 10.8 Å². The lowest BCUT2D eigenvalue weighted by Crippen LogP contribution is -2.13. The molecule has 5 heteroatoms. The van der Waals surface area contributed by atoms with Gasteiger partial charge in [-0.15, -0.1) is 0 Å². The van der Waals surface area contributed by atoms with Crippen molar-refractivity contribution >= 4 is 5.82 Å². The van der Waals surface area contributed by atoms with Crippen LogP contribution in [0.15, 0.2) is 6.07 Å². The van der Waals surface area contributed by atoms with E-state index < -0.39 is 0 Å². The van der Waals surface area contributed by atoms with Gasteiger partial charge in [0.1, 0.15) is 11.6 Å². The number of hydrogen-bond acceptors (Lipinski definition) is 5. The van der Waals surface area contributed by atoms with Crippen LogP contribution < -0.4 is 16.0 Å². The Labute approximate surface area is 83.7 Å². The first-order valence-electron chi connectivity index (χ1n) is 4.67. The third-order valence-corrected chi connectivity index (χ3v) is 1.57. The molecule has 0 amide bonds. The van der Waals surface area contributed by atoms with Gasteiger partial charge in [-0.1, -0.05) is 6.92 Å². The summed E-state index contributed by atoms with van der Waals surface area (Å²) in [6.45, 7) is 5.88. The van der Waals surface area contributed by atoms with Gasteiger partial charge in [-0.3, -0.25) is 0 Å². The summed E-state index contributed by atoms with van der Waals surface area (Å²) in [5.74, 6) is 7.13. The molecule has 0 aliphatic rings. The molecule has 1 heterocycles. The molecule has 0 fully saturated rings. The Morgan fingerprint density at radius 1 is 1.50 bits per heavy atom. The molecule has 78 valence electrons. The first-order valence-corrected chi connectivity index (χ1v) is 4.67. The van der Waals surface area contributed by atoms with Crippen molar-refractivity contribution in [3.8, 4) is 5.88 Å². The molecule has 14 heavy (non-hydrogen) atoms. The number of aromatic nitrogens is 2.